The minimum absolute atomic E-state index is 0.130. The molecule has 2 aliphatic rings. The molecule has 2 fully saturated rings. The van der Waals surface area contributed by atoms with Crippen LogP contribution in [0.25, 0.3) is 0 Å². The van der Waals surface area contributed by atoms with Gasteiger partial charge in [-0.3, -0.25) is 9.59 Å². The highest BCUT2D eigenvalue weighted by Crippen LogP contribution is 2.36. The SMILES string of the molecule is C=CCN1C(=O)CCC[C@]12CCCN(C(=O)Cc1ccc(OC)cc1)C2. The van der Waals surface area contributed by atoms with E-state index in [9.17, 15) is 9.59 Å². The molecule has 1 aromatic carbocycles. The number of ether oxygens (including phenoxy) is 1. The summed E-state index contributed by atoms with van der Waals surface area (Å²) < 4.78 is 5.17. The van der Waals surface area contributed by atoms with E-state index in [4.69, 9.17) is 4.74 Å². The third kappa shape index (κ3) is 3.76. The maximum absolute atomic E-state index is 12.9. The highest BCUT2D eigenvalue weighted by atomic mass is 16.5. The summed E-state index contributed by atoms with van der Waals surface area (Å²) in [5, 5.41) is 0. The molecule has 0 aliphatic carbocycles. The topological polar surface area (TPSA) is 49.9 Å². The molecule has 1 spiro atoms. The second-order valence-corrected chi connectivity index (χ2v) is 7.31. The van der Waals surface area contributed by atoms with Crippen LogP contribution in [0.1, 0.15) is 37.7 Å². The van der Waals surface area contributed by atoms with Gasteiger partial charge < -0.3 is 14.5 Å². The Morgan fingerprint density at radius 3 is 2.69 bits per heavy atom. The van der Waals surface area contributed by atoms with Crippen molar-refractivity contribution >= 4 is 11.8 Å². The quantitative estimate of drug-likeness (QED) is 0.762. The van der Waals surface area contributed by atoms with Gasteiger partial charge in [0.15, 0.2) is 0 Å². The Bertz CT molecular complexity index is 666. The first-order valence-electron chi connectivity index (χ1n) is 9.40. The maximum Gasteiger partial charge on any atom is 0.227 e. The summed E-state index contributed by atoms with van der Waals surface area (Å²) in [6, 6.07) is 7.63. The highest BCUT2D eigenvalue weighted by molar-refractivity contribution is 5.80. The number of piperidine rings is 2. The van der Waals surface area contributed by atoms with E-state index in [0.29, 0.717) is 25.9 Å². The zero-order chi connectivity index (χ0) is 18.6. The van der Waals surface area contributed by atoms with Crippen molar-refractivity contribution in [1.82, 2.24) is 9.80 Å². The van der Waals surface area contributed by atoms with Crippen molar-refractivity contribution in [2.24, 2.45) is 0 Å². The van der Waals surface area contributed by atoms with E-state index >= 15 is 0 Å². The molecule has 26 heavy (non-hydrogen) atoms. The summed E-state index contributed by atoms with van der Waals surface area (Å²) in [5.74, 6) is 1.12. The lowest BCUT2D eigenvalue weighted by Crippen LogP contribution is -2.63. The van der Waals surface area contributed by atoms with Crippen LogP contribution in [0.15, 0.2) is 36.9 Å². The van der Waals surface area contributed by atoms with Gasteiger partial charge >= 0.3 is 0 Å². The van der Waals surface area contributed by atoms with E-state index in [-0.39, 0.29) is 17.4 Å². The predicted octanol–water partition coefficient (Wildman–Crippen LogP) is 2.80. The molecular weight excluding hydrogens is 328 g/mol. The number of benzene rings is 1. The van der Waals surface area contributed by atoms with Crippen LogP contribution in [0.5, 0.6) is 5.75 Å². The molecule has 0 unspecified atom stereocenters. The van der Waals surface area contributed by atoms with Gasteiger partial charge in [-0.05, 0) is 43.4 Å². The molecule has 5 nitrogen and oxygen atoms in total. The lowest BCUT2D eigenvalue weighted by atomic mass is 9.79. The minimum atomic E-state index is -0.211. The number of amides is 2. The van der Waals surface area contributed by atoms with Gasteiger partial charge in [0, 0.05) is 26.1 Å². The third-order valence-electron chi connectivity index (χ3n) is 5.64. The van der Waals surface area contributed by atoms with Gasteiger partial charge in [-0.1, -0.05) is 18.2 Å². The Balaban J connectivity index is 1.71. The van der Waals surface area contributed by atoms with Gasteiger partial charge in [0.2, 0.25) is 11.8 Å². The first-order chi connectivity index (χ1) is 12.6. The molecule has 1 aromatic rings. The molecule has 2 heterocycles. The van der Waals surface area contributed by atoms with Crippen molar-refractivity contribution in [1.29, 1.82) is 0 Å². The van der Waals surface area contributed by atoms with Gasteiger partial charge in [0.25, 0.3) is 0 Å². The predicted molar refractivity (Wildman–Crippen MR) is 101 cm³/mol. The Hall–Kier alpha value is -2.30. The highest BCUT2D eigenvalue weighted by Gasteiger charge is 2.45. The molecule has 0 saturated carbocycles. The Labute approximate surface area is 155 Å². The molecule has 3 rings (SSSR count). The Morgan fingerprint density at radius 2 is 2.00 bits per heavy atom. The van der Waals surface area contributed by atoms with E-state index in [1.807, 2.05) is 34.1 Å². The summed E-state index contributed by atoms with van der Waals surface area (Å²) in [6.45, 7) is 5.79. The van der Waals surface area contributed by atoms with Crippen molar-refractivity contribution in [3.63, 3.8) is 0 Å². The monoisotopic (exact) mass is 356 g/mol. The number of methoxy groups -OCH3 is 1. The average molecular weight is 356 g/mol. The van der Waals surface area contributed by atoms with E-state index in [0.717, 1.165) is 43.5 Å². The fourth-order valence-electron chi connectivity index (χ4n) is 4.31. The van der Waals surface area contributed by atoms with Crippen LogP contribution in [0.4, 0.5) is 0 Å². The molecule has 2 amide bonds. The maximum atomic E-state index is 12.9. The summed E-state index contributed by atoms with van der Waals surface area (Å²) in [7, 11) is 1.63. The minimum Gasteiger partial charge on any atom is -0.497 e. The largest absolute Gasteiger partial charge is 0.497 e. The van der Waals surface area contributed by atoms with E-state index in [1.165, 1.54) is 0 Å². The first kappa shape index (κ1) is 18.5. The van der Waals surface area contributed by atoms with Crippen LogP contribution < -0.4 is 4.74 Å². The normalized spacial score (nSPS) is 23.2. The number of carbonyl (C=O) groups is 2. The van der Waals surface area contributed by atoms with Crippen molar-refractivity contribution in [3.05, 3.63) is 42.5 Å². The van der Waals surface area contributed by atoms with Crippen LogP contribution in [0, 0.1) is 0 Å². The van der Waals surface area contributed by atoms with Gasteiger partial charge in [-0.2, -0.15) is 0 Å². The average Bonchev–Trinajstić information content (AvgIpc) is 2.66. The first-order valence-corrected chi connectivity index (χ1v) is 9.40. The van der Waals surface area contributed by atoms with Gasteiger partial charge in [-0.15, -0.1) is 6.58 Å². The second-order valence-electron chi connectivity index (χ2n) is 7.31. The zero-order valence-corrected chi connectivity index (χ0v) is 15.6. The molecule has 0 aromatic heterocycles. The molecule has 140 valence electrons. The third-order valence-corrected chi connectivity index (χ3v) is 5.64. The number of hydrogen-bond acceptors (Lipinski definition) is 3. The van der Waals surface area contributed by atoms with Gasteiger partial charge in [0.1, 0.15) is 5.75 Å². The molecule has 2 aliphatic heterocycles. The lowest BCUT2D eigenvalue weighted by molar-refractivity contribution is -0.149. The number of nitrogens with zero attached hydrogens (tertiary/aromatic N) is 2. The van der Waals surface area contributed by atoms with Crippen LogP contribution in [0.2, 0.25) is 0 Å². The molecular formula is C21H28N2O3. The van der Waals surface area contributed by atoms with Crippen LogP contribution >= 0.6 is 0 Å². The molecule has 0 radical (unpaired) electrons. The smallest absolute Gasteiger partial charge is 0.227 e. The zero-order valence-electron chi connectivity index (χ0n) is 15.6. The van der Waals surface area contributed by atoms with Gasteiger partial charge in [-0.25, -0.2) is 0 Å². The summed E-state index contributed by atoms with van der Waals surface area (Å²) in [5.41, 5.74) is 0.773. The van der Waals surface area contributed by atoms with E-state index in [2.05, 4.69) is 6.58 Å². The van der Waals surface area contributed by atoms with E-state index in [1.54, 1.807) is 13.2 Å². The van der Waals surface area contributed by atoms with Crippen molar-refractivity contribution in [2.45, 2.75) is 44.1 Å². The van der Waals surface area contributed by atoms with Crippen molar-refractivity contribution in [2.75, 3.05) is 26.7 Å². The fraction of sp³-hybridized carbons (Fsp3) is 0.524. The fourth-order valence-corrected chi connectivity index (χ4v) is 4.31. The van der Waals surface area contributed by atoms with Gasteiger partial charge in [0.05, 0.1) is 19.1 Å². The van der Waals surface area contributed by atoms with Crippen molar-refractivity contribution < 1.29 is 14.3 Å². The summed E-state index contributed by atoms with van der Waals surface area (Å²) >= 11 is 0. The molecule has 1 atom stereocenters. The van der Waals surface area contributed by atoms with Crippen LogP contribution in [0.3, 0.4) is 0 Å². The Kier molecular flexibility index (Phi) is 5.64. The number of likely N-dealkylation sites (tertiary alicyclic amines) is 2. The number of hydrogen-bond donors (Lipinski definition) is 0. The molecule has 0 bridgehead atoms. The molecule has 5 heteroatoms. The van der Waals surface area contributed by atoms with E-state index < -0.39 is 0 Å². The van der Waals surface area contributed by atoms with Crippen LogP contribution in [-0.4, -0.2) is 53.9 Å². The number of carbonyl (C=O) groups excluding carboxylic acids is 2. The Morgan fingerprint density at radius 1 is 1.27 bits per heavy atom. The molecule has 0 N–H and O–H groups in total. The second kappa shape index (κ2) is 7.94. The standard InChI is InChI=1S/C21H28N2O3/c1-3-13-23-19(24)6-4-11-21(23)12-5-14-22(16-21)20(25)15-17-7-9-18(26-2)10-8-17/h3,7-10H,1,4-6,11-16H2,2H3/t21-/m1/s1. The van der Waals surface area contributed by atoms with Crippen LogP contribution in [-0.2, 0) is 16.0 Å². The lowest BCUT2D eigenvalue weighted by Gasteiger charge is -2.52. The van der Waals surface area contributed by atoms with Crippen molar-refractivity contribution in [3.8, 4) is 5.75 Å². The number of rotatable bonds is 5. The summed E-state index contributed by atoms with van der Waals surface area (Å²) in [4.78, 5) is 29.2. The summed E-state index contributed by atoms with van der Waals surface area (Å²) in [6.07, 6.45) is 6.58. The molecule has 2 saturated heterocycles.